The van der Waals surface area contributed by atoms with Gasteiger partial charge in [-0.3, -0.25) is 9.88 Å². The highest BCUT2D eigenvalue weighted by Gasteiger charge is 2.18. The van der Waals surface area contributed by atoms with Gasteiger partial charge in [-0.25, -0.2) is 9.78 Å². The number of rotatable bonds is 5. The third-order valence-electron chi connectivity index (χ3n) is 3.90. The number of carboxylic acids is 1. The van der Waals surface area contributed by atoms with Gasteiger partial charge in [-0.1, -0.05) is 6.42 Å². The van der Waals surface area contributed by atoms with Gasteiger partial charge in [0.15, 0.2) is 5.69 Å². The monoisotopic (exact) mass is 278 g/mol. The molecule has 1 atom stereocenters. The summed E-state index contributed by atoms with van der Waals surface area (Å²) in [5.74, 6) is -0.438. The average Bonchev–Trinajstić information content (AvgIpc) is 2.46. The van der Waals surface area contributed by atoms with E-state index in [0.29, 0.717) is 11.9 Å². The summed E-state index contributed by atoms with van der Waals surface area (Å²) in [4.78, 5) is 23.4. The van der Waals surface area contributed by atoms with Crippen molar-refractivity contribution in [3.63, 3.8) is 0 Å². The minimum Gasteiger partial charge on any atom is -0.476 e. The molecule has 1 aliphatic rings. The number of likely N-dealkylation sites (tertiary alicyclic amines) is 1. The summed E-state index contributed by atoms with van der Waals surface area (Å²) in [6, 6.07) is 0.633. The van der Waals surface area contributed by atoms with Gasteiger partial charge in [0, 0.05) is 26.2 Å². The second-order valence-corrected chi connectivity index (χ2v) is 5.37. The maximum atomic E-state index is 10.9. The molecule has 0 radical (unpaired) electrons. The lowest BCUT2D eigenvalue weighted by Gasteiger charge is -2.34. The van der Waals surface area contributed by atoms with Crippen molar-refractivity contribution < 1.29 is 9.90 Å². The molecule has 1 fully saturated rings. The number of aromatic nitrogens is 2. The van der Waals surface area contributed by atoms with Crippen molar-refractivity contribution in [3.8, 4) is 0 Å². The van der Waals surface area contributed by atoms with E-state index in [1.807, 2.05) is 11.9 Å². The summed E-state index contributed by atoms with van der Waals surface area (Å²) in [7, 11) is 1.92. The predicted molar refractivity (Wildman–Crippen MR) is 77.1 cm³/mol. The Morgan fingerprint density at radius 1 is 1.50 bits per heavy atom. The van der Waals surface area contributed by atoms with Crippen LogP contribution in [0.5, 0.6) is 0 Å². The van der Waals surface area contributed by atoms with Crippen LogP contribution in [0.25, 0.3) is 0 Å². The number of carbonyl (C=O) groups is 1. The third kappa shape index (κ3) is 3.66. The van der Waals surface area contributed by atoms with E-state index < -0.39 is 5.97 Å². The zero-order valence-electron chi connectivity index (χ0n) is 12.1. The van der Waals surface area contributed by atoms with Crippen LogP contribution >= 0.6 is 0 Å². The van der Waals surface area contributed by atoms with Gasteiger partial charge in [-0.2, -0.15) is 0 Å². The van der Waals surface area contributed by atoms with Crippen LogP contribution in [0, 0.1) is 0 Å². The first kappa shape index (κ1) is 14.7. The molecule has 2 rings (SSSR count). The second-order valence-electron chi connectivity index (χ2n) is 5.37. The maximum absolute atomic E-state index is 10.9. The molecule has 0 aromatic carbocycles. The summed E-state index contributed by atoms with van der Waals surface area (Å²) in [5, 5.41) is 8.93. The Balaban J connectivity index is 1.92. The predicted octanol–water partition coefficient (Wildman–Crippen LogP) is 1.49. The summed E-state index contributed by atoms with van der Waals surface area (Å²) in [5.41, 5.74) is -0.0132. The number of piperidine rings is 1. The SMILES string of the molecule is CC1CCCCN1CCN(C)c1cncc(C(=O)O)n1. The summed E-state index contributed by atoms with van der Waals surface area (Å²) < 4.78 is 0. The number of aromatic carboxylic acids is 1. The van der Waals surface area contributed by atoms with Crippen molar-refractivity contribution in [2.24, 2.45) is 0 Å². The lowest BCUT2D eigenvalue weighted by molar-refractivity contribution is 0.0690. The van der Waals surface area contributed by atoms with Crippen molar-refractivity contribution in [2.45, 2.75) is 32.2 Å². The van der Waals surface area contributed by atoms with E-state index in [1.165, 1.54) is 25.5 Å². The van der Waals surface area contributed by atoms with Crippen LogP contribution in [0.3, 0.4) is 0 Å². The van der Waals surface area contributed by atoms with Gasteiger partial charge in [0.1, 0.15) is 5.82 Å². The Bertz CT molecular complexity index is 466. The fourth-order valence-corrected chi connectivity index (χ4v) is 2.53. The molecule has 1 aliphatic heterocycles. The molecule has 0 saturated carbocycles. The molecular weight excluding hydrogens is 256 g/mol. The highest BCUT2D eigenvalue weighted by Crippen LogP contribution is 2.16. The molecule has 1 aromatic heterocycles. The highest BCUT2D eigenvalue weighted by atomic mass is 16.4. The minimum atomic E-state index is -1.04. The van der Waals surface area contributed by atoms with Gasteiger partial charge in [0.25, 0.3) is 0 Å². The highest BCUT2D eigenvalue weighted by molar-refractivity contribution is 5.85. The first-order chi connectivity index (χ1) is 9.58. The number of hydrogen-bond donors (Lipinski definition) is 1. The molecule has 2 heterocycles. The van der Waals surface area contributed by atoms with Gasteiger partial charge in [-0.05, 0) is 26.3 Å². The van der Waals surface area contributed by atoms with Crippen molar-refractivity contribution in [2.75, 3.05) is 31.6 Å². The van der Waals surface area contributed by atoms with Crippen LogP contribution in [0.15, 0.2) is 12.4 Å². The lowest BCUT2D eigenvalue weighted by Crippen LogP contribution is -2.42. The summed E-state index contributed by atoms with van der Waals surface area (Å²) >= 11 is 0. The summed E-state index contributed by atoms with van der Waals surface area (Å²) in [6.07, 6.45) is 6.72. The normalized spacial score (nSPS) is 19.8. The molecule has 20 heavy (non-hydrogen) atoms. The molecule has 110 valence electrons. The fraction of sp³-hybridized carbons (Fsp3) is 0.643. The van der Waals surface area contributed by atoms with Crippen molar-refractivity contribution in [1.82, 2.24) is 14.9 Å². The second kappa shape index (κ2) is 6.65. The van der Waals surface area contributed by atoms with Crippen molar-refractivity contribution >= 4 is 11.8 Å². The molecule has 0 aliphatic carbocycles. The summed E-state index contributed by atoms with van der Waals surface area (Å²) in [6.45, 7) is 5.21. The Labute approximate surface area is 119 Å². The maximum Gasteiger partial charge on any atom is 0.356 e. The van der Waals surface area contributed by atoms with E-state index in [2.05, 4.69) is 21.8 Å². The van der Waals surface area contributed by atoms with Gasteiger partial charge < -0.3 is 10.0 Å². The van der Waals surface area contributed by atoms with E-state index in [0.717, 1.165) is 19.6 Å². The van der Waals surface area contributed by atoms with Gasteiger partial charge in [0.05, 0.1) is 12.4 Å². The van der Waals surface area contributed by atoms with Crippen LogP contribution in [-0.2, 0) is 0 Å². The zero-order valence-corrected chi connectivity index (χ0v) is 12.1. The van der Waals surface area contributed by atoms with E-state index in [4.69, 9.17) is 5.11 Å². The molecule has 6 nitrogen and oxygen atoms in total. The standard InChI is InChI=1S/C14H22N4O2/c1-11-5-3-4-6-18(11)8-7-17(2)13-10-15-9-12(16-13)14(19)20/h9-11H,3-8H2,1-2H3,(H,19,20). The zero-order chi connectivity index (χ0) is 14.5. The van der Waals surface area contributed by atoms with Gasteiger partial charge in [0.2, 0.25) is 0 Å². The number of nitrogens with zero attached hydrogens (tertiary/aromatic N) is 4. The molecule has 0 spiro atoms. The third-order valence-corrected chi connectivity index (χ3v) is 3.90. The first-order valence-electron chi connectivity index (χ1n) is 7.08. The van der Waals surface area contributed by atoms with Crippen molar-refractivity contribution in [3.05, 3.63) is 18.1 Å². The molecule has 1 unspecified atom stereocenters. The molecule has 1 aromatic rings. The minimum absolute atomic E-state index is 0.0132. The Hall–Kier alpha value is -1.69. The van der Waals surface area contributed by atoms with Gasteiger partial charge >= 0.3 is 5.97 Å². The van der Waals surface area contributed by atoms with E-state index in [1.54, 1.807) is 6.20 Å². The molecule has 0 bridgehead atoms. The van der Waals surface area contributed by atoms with Crippen LogP contribution in [0.1, 0.15) is 36.7 Å². The number of anilines is 1. The Morgan fingerprint density at radius 2 is 2.30 bits per heavy atom. The number of carboxylic acid groups (broad SMARTS) is 1. The van der Waals surface area contributed by atoms with Crippen molar-refractivity contribution in [1.29, 1.82) is 0 Å². The van der Waals surface area contributed by atoms with Crippen LogP contribution in [0.4, 0.5) is 5.82 Å². The first-order valence-corrected chi connectivity index (χ1v) is 7.08. The average molecular weight is 278 g/mol. The molecule has 1 N–H and O–H groups in total. The topological polar surface area (TPSA) is 69.6 Å². The van der Waals surface area contributed by atoms with Crippen LogP contribution in [0.2, 0.25) is 0 Å². The Kier molecular flexibility index (Phi) is 4.89. The van der Waals surface area contributed by atoms with Crippen LogP contribution < -0.4 is 4.90 Å². The molecule has 6 heteroatoms. The number of hydrogen-bond acceptors (Lipinski definition) is 5. The molecule has 0 amide bonds. The van der Waals surface area contributed by atoms with Gasteiger partial charge in [-0.15, -0.1) is 0 Å². The lowest BCUT2D eigenvalue weighted by atomic mass is 10.0. The van der Waals surface area contributed by atoms with E-state index in [9.17, 15) is 4.79 Å². The molecular formula is C14H22N4O2. The van der Waals surface area contributed by atoms with E-state index >= 15 is 0 Å². The smallest absolute Gasteiger partial charge is 0.356 e. The van der Waals surface area contributed by atoms with E-state index in [-0.39, 0.29) is 5.69 Å². The Morgan fingerprint density at radius 3 is 3.00 bits per heavy atom. The largest absolute Gasteiger partial charge is 0.476 e. The van der Waals surface area contributed by atoms with Crippen LogP contribution in [-0.4, -0.2) is 58.7 Å². The quantitative estimate of drug-likeness (QED) is 0.880. The number of likely N-dealkylation sites (N-methyl/N-ethyl adjacent to an activating group) is 1. The molecule has 1 saturated heterocycles. The fourth-order valence-electron chi connectivity index (χ4n) is 2.53.